The Morgan fingerprint density at radius 1 is 0.529 bits per heavy atom. The predicted molar refractivity (Wildman–Crippen MR) is 259 cm³/mol. The molecule has 0 unspecified atom stereocenters. The second kappa shape index (κ2) is 19.5. The Balaban J connectivity index is 0.000000174. The van der Waals surface area contributed by atoms with Gasteiger partial charge in [0.05, 0.1) is 12.1 Å². The van der Waals surface area contributed by atoms with E-state index in [-0.39, 0.29) is 73.4 Å². The van der Waals surface area contributed by atoms with Gasteiger partial charge in [0.25, 0.3) is 11.8 Å². The zero-order valence-corrected chi connectivity index (χ0v) is 38.9. The maximum atomic E-state index is 15.1. The summed E-state index contributed by atoms with van der Waals surface area (Å²) >= 11 is 0. The summed E-state index contributed by atoms with van der Waals surface area (Å²) in [6.07, 6.45) is 10.2. The van der Waals surface area contributed by atoms with E-state index < -0.39 is 57.9 Å². The highest BCUT2D eigenvalue weighted by molar-refractivity contribution is 5.97. The third-order valence-electron chi connectivity index (χ3n) is 13.0. The molecule has 14 nitrogen and oxygen atoms in total. The van der Waals surface area contributed by atoms with Crippen molar-refractivity contribution in [1.29, 1.82) is 0 Å². The average Bonchev–Trinajstić information content (AvgIpc) is 3.39. The monoisotopic (exact) mass is 950 g/mol. The molecule has 4 aliphatic heterocycles. The number of rotatable bonds is 4. The molecule has 0 saturated heterocycles. The van der Waals surface area contributed by atoms with E-state index in [1.165, 1.54) is 46.0 Å². The topological polar surface area (TPSA) is 150 Å². The van der Waals surface area contributed by atoms with Crippen LogP contribution in [0.15, 0.2) is 155 Å². The van der Waals surface area contributed by atoms with Gasteiger partial charge in [-0.2, -0.15) is 0 Å². The molecule has 6 aromatic rings. The van der Waals surface area contributed by atoms with Crippen molar-refractivity contribution in [2.75, 3.05) is 36.6 Å². The van der Waals surface area contributed by atoms with E-state index in [0.717, 1.165) is 11.1 Å². The summed E-state index contributed by atoms with van der Waals surface area (Å²) in [5.41, 5.74) is 1.25. The van der Waals surface area contributed by atoms with Crippen LogP contribution in [-0.4, -0.2) is 79.8 Å². The summed E-state index contributed by atoms with van der Waals surface area (Å²) in [4.78, 5) is 55.3. The van der Waals surface area contributed by atoms with Crippen molar-refractivity contribution in [3.05, 3.63) is 212 Å². The van der Waals surface area contributed by atoms with Gasteiger partial charge in [-0.15, -0.1) is 0 Å². The molecule has 4 bridgehead atoms. The summed E-state index contributed by atoms with van der Waals surface area (Å²) in [7, 11) is 0. The second-order valence-corrected chi connectivity index (χ2v) is 18.0. The first kappa shape index (κ1) is 46.9. The fraction of sp³-hybridized carbons (Fsp3) is 0.259. The molecule has 0 saturated carbocycles. The van der Waals surface area contributed by atoms with Crippen molar-refractivity contribution in [3.8, 4) is 23.0 Å². The molecule has 70 heavy (non-hydrogen) atoms. The molecule has 0 fully saturated rings. The van der Waals surface area contributed by atoms with Crippen LogP contribution < -0.4 is 30.3 Å². The fourth-order valence-corrected chi connectivity index (χ4v) is 9.69. The summed E-state index contributed by atoms with van der Waals surface area (Å²) in [6.45, 7) is 8.47. The van der Waals surface area contributed by atoms with Gasteiger partial charge in [0.2, 0.25) is 10.9 Å². The molecule has 2 N–H and O–H groups in total. The number of hydrogen-bond donors (Lipinski definition) is 2. The number of halogens is 2. The maximum absolute atomic E-state index is 15.1. The molecule has 2 aromatic heterocycles. The Morgan fingerprint density at radius 3 is 1.29 bits per heavy atom. The molecule has 16 heteroatoms. The molecule has 0 radical (unpaired) electrons. The Labute approximate surface area is 402 Å². The smallest absolute Gasteiger partial charge is 0.278 e. The molecule has 4 aliphatic rings. The highest BCUT2D eigenvalue weighted by Crippen LogP contribution is 2.41. The van der Waals surface area contributed by atoms with Crippen molar-refractivity contribution in [2.45, 2.75) is 51.9 Å². The first-order valence-electron chi connectivity index (χ1n) is 23.1. The molecule has 0 aliphatic carbocycles. The summed E-state index contributed by atoms with van der Waals surface area (Å²) < 4.78 is 45.1. The lowest BCUT2D eigenvalue weighted by Gasteiger charge is -2.46. The number of aromatic hydroxyl groups is 2. The minimum absolute atomic E-state index is 0.0243. The van der Waals surface area contributed by atoms with E-state index in [1.807, 2.05) is 111 Å². The predicted octanol–water partition coefficient (Wildman–Crippen LogP) is 7.61. The zero-order chi connectivity index (χ0) is 49.4. The number of pyridine rings is 2. The second-order valence-electron chi connectivity index (χ2n) is 18.0. The third-order valence-corrected chi connectivity index (χ3v) is 13.0. The van der Waals surface area contributed by atoms with Crippen LogP contribution in [0.25, 0.3) is 0 Å². The number of carbonyl (C=O) groups excluding carboxylic acids is 2. The third kappa shape index (κ3) is 8.54. The van der Waals surface area contributed by atoms with Crippen LogP contribution in [0.5, 0.6) is 23.0 Å². The van der Waals surface area contributed by atoms with E-state index in [0.29, 0.717) is 11.1 Å². The van der Waals surface area contributed by atoms with Crippen molar-refractivity contribution in [2.24, 2.45) is 11.8 Å². The molecule has 10 rings (SSSR count). The molecular weight excluding hydrogens is 899 g/mol. The number of carbonyl (C=O) groups is 2. The van der Waals surface area contributed by atoms with Gasteiger partial charge < -0.3 is 29.5 Å². The molecular formula is C54H52F2N6O8. The number of benzene rings is 4. The highest BCUT2D eigenvalue weighted by atomic mass is 19.1. The van der Waals surface area contributed by atoms with Crippen molar-refractivity contribution < 1.29 is 38.1 Å². The van der Waals surface area contributed by atoms with E-state index in [1.54, 1.807) is 46.2 Å². The number of fused-ring (bicyclic) bond motifs is 10. The lowest BCUT2D eigenvalue weighted by Crippen LogP contribution is -2.58. The molecule has 4 atom stereocenters. The number of amides is 2. The zero-order valence-electron chi connectivity index (χ0n) is 38.9. The van der Waals surface area contributed by atoms with Crippen molar-refractivity contribution >= 4 is 11.8 Å². The van der Waals surface area contributed by atoms with Gasteiger partial charge in [-0.25, -0.2) is 8.78 Å². The number of para-hydroxylation sites is 2. The average molecular weight is 951 g/mol. The van der Waals surface area contributed by atoms with E-state index >= 15 is 8.78 Å². The fourth-order valence-electron chi connectivity index (χ4n) is 9.69. The summed E-state index contributed by atoms with van der Waals surface area (Å²) in [5.74, 6) is -2.85. The quantitative estimate of drug-likeness (QED) is 0.169. The maximum Gasteiger partial charge on any atom is 0.278 e. The summed E-state index contributed by atoms with van der Waals surface area (Å²) in [6, 6.07) is 29.1. The number of aromatic nitrogens is 2. The minimum Gasteiger partial charge on any atom is -0.502 e. The lowest BCUT2D eigenvalue weighted by molar-refractivity contribution is 0.0581. The molecule has 4 aromatic carbocycles. The minimum atomic E-state index is -0.640. The van der Waals surface area contributed by atoms with Crippen LogP contribution >= 0.6 is 0 Å². The molecule has 2 amide bonds. The molecule has 360 valence electrons. The first-order valence-corrected chi connectivity index (χ1v) is 23.1. The van der Waals surface area contributed by atoms with Crippen LogP contribution in [0, 0.1) is 23.5 Å². The molecule has 6 heterocycles. The SMILES string of the molecule is CC(C)[C@@H]1/C=C/COc2c(F)cccc2[C@H](c2ccccc2)N2CN1C(=O)c1c(O)c(=O)ccn12.CC(C)[C@H]1/C=C/COc2c(F)cccc2[C@@H](c2ccccc2)N2CN1C(=O)c1c(O)c(=O)ccn12. The van der Waals surface area contributed by atoms with Crippen molar-refractivity contribution in [1.82, 2.24) is 19.2 Å². The van der Waals surface area contributed by atoms with E-state index in [4.69, 9.17) is 9.47 Å². The van der Waals surface area contributed by atoms with E-state index in [2.05, 4.69) is 0 Å². The van der Waals surface area contributed by atoms with Crippen LogP contribution in [0.3, 0.4) is 0 Å². The van der Waals surface area contributed by atoms with Gasteiger partial charge in [0.1, 0.15) is 38.6 Å². The molecule has 0 spiro atoms. The van der Waals surface area contributed by atoms with Gasteiger partial charge in [-0.05, 0) is 47.2 Å². The standard InChI is InChI=1S/2C27H26FN3O4/c2*1-17(2)21-12-7-15-35-26-19(10-6-11-20(26)28)23(18-8-4-3-5-9-18)31-16-29(21)27(34)24-25(33)22(32)13-14-30(24)31/h2*3-14,17,21,23,33H,15-16H2,1-2H3/b2*12-7+/t2*21-,23-/m10/s1. The van der Waals surface area contributed by atoms with Gasteiger partial charge >= 0.3 is 0 Å². The Bertz CT molecular complexity index is 2910. The number of hydrogen-bond acceptors (Lipinski definition) is 10. The van der Waals surface area contributed by atoms with Crippen LogP contribution in [0.4, 0.5) is 8.78 Å². The number of ether oxygens (including phenoxy) is 2. The summed E-state index contributed by atoms with van der Waals surface area (Å²) in [5, 5.41) is 25.1. The highest BCUT2D eigenvalue weighted by Gasteiger charge is 2.42. The first-order chi connectivity index (χ1) is 33.8. The largest absolute Gasteiger partial charge is 0.502 e. The lowest BCUT2D eigenvalue weighted by atomic mass is 9.96. The number of nitrogens with zero attached hydrogens (tertiary/aromatic N) is 6. The van der Waals surface area contributed by atoms with Gasteiger partial charge in [0, 0.05) is 35.7 Å². The van der Waals surface area contributed by atoms with Gasteiger partial charge in [0.15, 0.2) is 46.0 Å². The van der Waals surface area contributed by atoms with Crippen LogP contribution in [0.2, 0.25) is 0 Å². The normalized spacial score (nSPS) is 20.5. The van der Waals surface area contributed by atoms with Gasteiger partial charge in [-0.1, -0.05) is 125 Å². The van der Waals surface area contributed by atoms with Crippen LogP contribution in [0.1, 0.15) is 83.0 Å². The Kier molecular flexibility index (Phi) is 13.1. The van der Waals surface area contributed by atoms with Gasteiger partial charge in [-0.3, -0.25) is 38.5 Å². The van der Waals surface area contributed by atoms with Crippen molar-refractivity contribution in [3.63, 3.8) is 0 Å². The Hall–Kier alpha value is -8.14. The van der Waals surface area contributed by atoms with Crippen LogP contribution in [-0.2, 0) is 0 Å². The Morgan fingerprint density at radius 2 is 0.914 bits per heavy atom. The van der Waals surface area contributed by atoms with E-state index in [9.17, 15) is 29.4 Å².